The van der Waals surface area contributed by atoms with E-state index >= 15 is 0 Å². The Morgan fingerprint density at radius 3 is 2.71 bits per heavy atom. The summed E-state index contributed by atoms with van der Waals surface area (Å²) >= 11 is 6.00. The Hall–Kier alpha value is -1.74. The molecule has 3 nitrogen and oxygen atoms in total. The molecule has 88 valence electrons. The van der Waals surface area contributed by atoms with Crippen LogP contribution in [0.1, 0.15) is 5.56 Å². The lowest BCUT2D eigenvalue weighted by atomic mass is 10.1. The van der Waals surface area contributed by atoms with Crippen molar-refractivity contribution in [2.75, 3.05) is 12.8 Å². The van der Waals surface area contributed by atoms with Gasteiger partial charge in [-0.1, -0.05) is 11.6 Å². The van der Waals surface area contributed by atoms with Crippen molar-refractivity contribution in [1.29, 1.82) is 0 Å². The van der Waals surface area contributed by atoms with E-state index in [0.29, 0.717) is 10.7 Å². The maximum Gasteiger partial charge on any atom is 0.128 e. The third kappa shape index (κ3) is 2.34. The van der Waals surface area contributed by atoms with Crippen molar-refractivity contribution in [1.82, 2.24) is 4.98 Å². The molecule has 0 aliphatic carbocycles. The second-order valence-corrected chi connectivity index (χ2v) is 4.22. The first-order chi connectivity index (χ1) is 8.11. The van der Waals surface area contributed by atoms with E-state index in [2.05, 4.69) is 4.98 Å². The number of aryl methyl sites for hydroxylation is 1. The van der Waals surface area contributed by atoms with Crippen LogP contribution in [0.5, 0.6) is 5.75 Å². The summed E-state index contributed by atoms with van der Waals surface area (Å²) in [5.74, 6) is 0.745. The van der Waals surface area contributed by atoms with Gasteiger partial charge >= 0.3 is 0 Å². The molecule has 1 aromatic carbocycles. The summed E-state index contributed by atoms with van der Waals surface area (Å²) in [7, 11) is 1.62. The normalized spacial score (nSPS) is 10.3. The van der Waals surface area contributed by atoms with Gasteiger partial charge in [0.1, 0.15) is 5.75 Å². The van der Waals surface area contributed by atoms with E-state index in [1.807, 2.05) is 25.1 Å². The standard InChI is InChI=1S/C13H13ClN2O/c1-8-5-10(15)7-16-13(8)11-6-9(14)3-4-12(11)17-2/h3-7H,15H2,1-2H3. The number of hydrogen-bond donors (Lipinski definition) is 1. The van der Waals surface area contributed by atoms with Gasteiger partial charge in [0.2, 0.25) is 0 Å². The molecule has 0 bridgehead atoms. The molecule has 2 aromatic rings. The van der Waals surface area contributed by atoms with E-state index in [9.17, 15) is 0 Å². The second kappa shape index (κ2) is 4.63. The van der Waals surface area contributed by atoms with Crippen LogP contribution < -0.4 is 10.5 Å². The summed E-state index contributed by atoms with van der Waals surface area (Å²) < 4.78 is 5.31. The van der Waals surface area contributed by atoms with Crippen molar-refractivity contribution in [3.63, 3.8) is 0 Å². The fourth-order valence-electron chi connectivity index (χ4n) is 1.74. The topological polar surface area (TPSA) is 48.1 Å². The van der Waals surface area contributed by atoms with Crippen molar-refractivity contribution in [2.24, 2.45) is 0 Å². The summed E-state index contributed by atoms with van der Waals surface area (Å²) in [6.07, 6.45) is 1.63. The number of pyridine rings is 1. The highest BCUT2D eigenvalue weighted by molar-refractivity contribution is 6.31. The first-order valence-electron chi connectivity index (χ1n) is 5.18. The van der Waals surface area contributed by atoms with Crippen LogP contribution in [0.4, 0.5) is 5.69 Å². The zero-order chi connectivity index (χ0) is 12.4. The number of halogens is 1. The maximum absolute atomic E-state index is 6.00. The van der Waals surface area contributed by atoms with Gasteiger partial charge in [-0.2, -0.15) is 0 Å². The van der Waals surface area contributed by atoms with E-state index in [1.165, 1.54) is 0 Å². The highest BCUT2D eigenvalue weighted by Crippen LogP contribution is 2.33. The average molecular weight is 249 g/mol. The number of anilines is 1. The zero-order valence-corrected chi connectivity index (χ0v) is 10.5. The van der Waals surface area contributed by atoms with Crippen LogP contribution in [0, 0.1) is 6.92 Å². The van der Waals surface area contributed by atoms with Crippen molar-refractivity contribution in [2.45, 2.75) is 6.92 Å². The van der Waals surface area contributed by atoms with Gasteiger partial charge < -0.3 is 10.5 Å². The van der Waals surface area contributed by atoms with Gasteiger partial charge in [0.15, 0.2) is 0 Å². The summed E-state index contributed by atoms with van der Waals surface area (Å²) in [6, 6.07) is 7.33. The quantitative estimate of drug-likeness (QED) is 0.887. The molecule has 0 unspecified atom stereocenters. The number of aromatic nitrogens is 1. The molecule has 0 aliphatic heterocycles. The van der Waals surface area contributed by atoms with Gasteiger partial charge in [-0.05, 0) is 36.8 Å². The highest BCUT2D eigenvalue weighted by Gasteiger charge is 2.10. The molecule has 2 rings (SSSR count). The number of rotatable bonds is 2. The predicted molar refractivity (Wildman–Crippen MR) is 70.4 cm³/mol. The van der Waals surface area contributed by atoms with E-state index < -0.39 is 0 Å². The van der Waals surface area contributed by atoms with E-state index in [-0.39, 0.29) is 0 Å². The molecular weight excluding hydrogens is 236 g/mol. The predicted octanol–water partition coefficient (Wildman–Crippen LogP) is 3.30. The van der Waals surface area contributed by atoms with Crippen LogP contribution in [-0.4, -0.2) is 12.1 Å². The van der Waals surface area contributed by atoms with Crippen molar-refractivity contribution in [3.05, 3.63) is 41.0 Å². The molecule has 0 saturated heterocycles. The number of hydrogen-bond acceptors (Lipinski definition) is 3. The van der Waals surface area contributed by atoms with Crippen LogP contribution >= 0.6 is 11.6 Å². The zero-order valence-electron chi connectivity index (χ0n) is 9.70. The second-order valence-electron chi connectivity index (χ2n) is 3.78. The lowest BCUT2D eigenvalue weighted by molar-refractivity contribution is 0.416. The molecule has 0 fully saturated rings. The molecular formula is C13H13ClN2O. The fraction of sp³-hybridized carbons (Fsp3) is 0.154. The van der Waals surface area contributed by atoms with Gasteiger partial charge in [-0.25, -0.2) is 0 Å². The molecule has 0 amide bonds. The first kappa shape index (κ1) is 11.7. The first-order valence-corrected chi connectivity index (χ1v) is 5.55. The third-order valence-corrected chi connectivity index (χ3v) is 2.75. The Balaban J connectivity index is 2.62. The SMILES string of the molecule is COc1ccc(Cl)cc1-c1ncc(N)cc1C. The van der Waals surface area contributed by atoms with E-state index in [0.717, 1.165) is 22.6 Å². The van der Waals surface area contributed by atoms with Crippen molar-refractivity contribution < 1.29 is 4.74 Å². The number of ether oxygens (including phenoxy) is 1. The van der Waals surface area contributed by atoms with Gasteiger partial charge in [0, 0.05) is 10.6 Å². The summed E-state index contributed by atoms with van der Waals surface area (Å²) in [6.45, 7) is 1.96. The smallest absolute Gasteiger partial charge is 0.128 e. The monoisotopic (exact) mass is 248 g/mol. The fourth-order valence-corrected chi connectivity index (χ4v) is 1.92. The van der Waals surface area contributed by atoms with Crippen LogP contribution in [0.15, 0.2) is 30.5 Å². The number of methoxy groups -OCH3 is 1. The Kier molecular flexibility index (Phi) is 3.20. The minimum Gasteiger partial charge on any atom is -0.496 e. The Labute approximate surface area is 105 Å². The number of nitrogen functional groups attached to an aromatic ring is 1. The van der Waals surface area contributed by atoms with Crippen molar-refractivity contribution >= 4 is 17.3 Å². The molecule has 0 radical (unpaired) electrons. The maximum atomic E-state index is 6.00. The van der Waals surface area contributed by atoms with Gasteiger partial charge in [-0.3, -0.25) is 4.98 Å². The van der Waals surface area contributed by atoms with Crippen LogP contribution in [0.25, 0.3) is 11.3 Å². The minimum absolute atomic E-state index is 0.646. The minimum atomic E-state index is 0.646. The lowest BCUT2D eigenvalue weighted by Gasteiger charge is -2.11. The number of nitrogens with zero attached hydrogens (tertiary/aromatic N) is 1. The van der Waals surface area contributed by atoms with Crippen LogP contribution in [-0.2, 0) is 0 Å². The molecule has 0 atom stereocenters. The molecule has 17 heavy (non-hydrogen) atoms. The number of nitrogens with two attached hydrogens (primary N) is 1. The summed E-state index contributed by atoms with van der Waals surface area (Å²) in [5, 5.41) is 0.652. The Morgan fingerprint density at radius 1 is 1.29 bits per heavy atom. The van der Waals surface area contributed by atoms with Gasteiger partial charge in [0.05, 0.1) is 24.7 Å². The molecule has 0 aliphatic rings. The summed E-state index contributed by atoms with van der Waals surface area (Å²) in [4.78, 5) is 4.33. The molecule has 1 heterocycles. The molecule has 1 aromatic heterocycles. The highest BCUT2D eigenvalue weighted by atomic mass is 35.5. The molecule has 0 saturated carbocycles. The number of benzene rings is 1. The Morgan fingerprint density at radius 2 is 2.06 bits per heavy atom. The Bertz CT molecular complexity index is 555. The van der Waals surface area contributed by atoms with E-state index in [4.69, 9.17) is 22.1 Å². The van der Waals surface area contributed by atoms with Gasteiger partial charge in [0.25, 0.3) is 0 Å². The average Bonchev–Trinajstić information content (AvgIpc) is 2.29. The lowest BCUT2D eigenvalue weighted by Crippen LogP contribution is -1.95. The van der Waals surface area contributed by atoms with Crippen LogP contribution in [0.3, 0.4) is 0 Å². The third-order valence-electron chi connectivity index (χ3n) is 2.52. The molecule has 2 N–H and O–H groups in total. The molecule has 0 spiro atoms. The van der Waals surface area contributed by atoms with Gasteiger partial charge in [-0.15, -0.1) is 0 Å². The van der Waals surface area contributed by atoms with Crippen LogP contribution in [0.2, 0.25) is 5.02 Å². The molecule has 4 heteroatoms. The summed E-state index contributed by atoms with van der Waals surface area (Å²) in [5.41, 5.74) is 9.03. The largest absolute Gasteiger partial charge is 0.496 e. The van der Waals surface area contributed by atoms with Crippen molar-refractivity contribution in [3.8, 4) is 17.0 Å². The van der Waals surface area contributed by atoms with E-state index in [1.54, 1.807) is 19.4 Å².